The van der Waals surface area contributed by atoms with Crippen molar-refractivity contribution in [1.29, 1.82) is 0 Å². The fourth-order valence-electron chi connectivity index (χ4n) is 2.40. The SMILES string of the molecule is Cn1cccc1CN(C(=O)CSc1ccc(F)cc1)C1CC1. The van der Waals surface area contributed by atoms with Gasteiger partial charge in [-0.1, -0.05) is 0 Å². The van der Waals surface area contributed by atoms with E-state index in [1.54, 1.807) is 12.1 Å². The number of aromatic nitrogens is 1. The van der Waals surface area contributed by atoms with Crippen LogP contribution in [0.5, 0.6) is 0 Å². The average Bonchev–Trinajstić information content (AvgIpc) is 3.27. The maximum absolute atomic E-state index is 12.9. The predicted octanol–water partition coefficient (Wildman–Crippen LogP) is 3.45. The molecule has 0 aliphatic heterocycles. The first-order valence-electron chi connectivity index (χ1n) is 7.41. The van der Waals surface area contributed by atoms with Crippen LogP contribution in [0.25, 0.3) is 0 Å². The largest absolute Gasteiger partial charge is 0.353 e. The van der Waals surface area contributed by atoms with Crippen molar-refractivity contribution in [2.45, 2.75) is 30.3 Å². The van der Waals surface area contributed by atoms with Gasteiger partial charge in [-0.2, -0.15) is 0 Å². The number of hydrogen-bond acceptors (Lipinski definition) is 2. The van der Waals surface area contributed by atoms with Crippen molar-refractivity contribution >= 4 is 17.7 Å². The minimum atomic E-state index is -0.251. The normalized spacial score (nSPS) is 14.1. The van der Waals surface area contributed by atoms with Crippen LogP contribution in [-0.4, -0.2) is 27.2 Å². The Bertz CT molecular complexity index is 649. The van der Waals surface area contributed by atoms with Crippen molar-refractivity contribution < 1.29 is 9.18 Å². The fraction of sp³-hybridized carbons (Fsp3) is 0.353. The lowest BCUT2D eigenvalue weighted by Crippen LogP contribution is -2.34. The van der Waals surface area contributed by atoms with Gasteiger partial charge in [0.1, 0.15) is 5.82 Å². The molecule has 0 spiro atoms. The van der Waals surface area contributed by atoms with Crippen LogP contribution in [-0.2, 0) is 18.4 Å². The van der Waals surface area contributed by atoms with Crippen molar-refractivity contribution in [1.82, 2.24) is 9.47 Å². The molecule has 1 amide bonds. The maximum atomic E-state index is 12.9. The summed E-state index contributed by atoms with van der Waals surface area (Å²) >= 11 is 1.46. The standard InChI is InChI=1S/C17H19FN2OS/c1-19-10-2-3-15(19)11-20(14-6-7-14)17(21)12-22-16-8-4-13(18)5-9-16/h2-5,8-10,14H,6-7,11-12H2,1H3. The van der Waals surface area contributed by atoms with Gasteiger partial charge in [0.2, 0.25) is 5.91 Å². The number of nitrogens with zero attached hydrogens (tertiary/aromatic N) is 2. The lowest BCUT2D eigenvalue weighted by Gasteiger charge is -2.22. The highest BCUT2D eigenvalue weighted by Gasteiger charge is 2.32. The molecule has 1 aliphatic rings. The summed E-state index contributed by atoms with van der Waals surface area (Å²) in [5, 5.41) is 0. The number of carbonyl (C=O) groups excluding carboxylic acids is 1. The van der Waals surface area contributed by atoms with E-state index in [4.69, 9.17) is 0 Å². The predicted molar refractivity (Wildman–Crippen MR) is 86.1 cm³/mol. The highest BCUT2D eigenvalue weighted by atomic mass is 32.2. The molecule has 1 saturated carbocycles. The van der Waals surface area contributed by atoms with E-state index in [-0.39, 0.29) is 11.7 Å². The second kappa shape index (κ2) is 6.57. The van der Waals surface area contributed by atoms with Crippen LogP contribution in [0.3, 0.4) is 0 Å². The van der Waals surface area contributed by atoms with Gasteiger partial charge in [-0.25, -0.2) is 4.39 Å². The van der Waals surface area contributed by atoms with Gasteiger partial charge in [0, 0.05) is 29.9 Å². The number of thioether (sulfide) groups is 1. The zero-order chi connectivity index (χ0) is 15.5. The third-order valence-electron chi connectivity index (χ3n) is 3.87. The van der Waals surface area contributed by atoms with Gasteiger partial charge in [0.15, 0.2) is 0 Å². The summed E-state index contributed by atoms with van der Waals surface area (Å²) in [6.45, 7) is 0.664. The summed E-state index contributed by atoms with van der Waals surface area (Å²) in [5.41, 5.74) is 1.15. The number of carbonyl (C=O) groups is 1. The molecule has 0 N–H and O–H groups in total. The zero-order valence-corrected chi connectivity index (χ0v) is 13.4. The number of benzene rings is 1. The maximum Gasteiger partial charge on any atom is 0.233 e. The summed E-state index contributed by atoms with van der Waals surface area (Å²) in [6, 6.07) is 10.7. The van der Waals surface area contributed by atoms with Crippen LogP contribution in [0.15, 0.2) is 47.5 Å². The van der Waals surface area contributed by atoms with Crippen LogP contribution >= 0.6 is 11.8 Å². The molecular formula is C17H19FN2OS. The molecule has 2 aromatic rings. The van der Waals surface area contributed by atoms with Crippen LogP contribution in [0.4, 0.5) is 4.39 Å². The first-order valence-corrected chi connectivity index (χ1v) is 8.40. The molecule has 22 heavy (non-hydrogen) atoms. The Balaban J connectivity index is 1.60. The van der Waals surface area contributed by atoms with Crippen LogP contribution in [0.2, 0.25) is 0 Å². The molecule has 1 aromatic heterocycles. The Labute approximate surface area is 134 Å². The fourth-order valence-corrected chi connectivity index (χ4v) is 3.19. The minimum Gasteiger partial charge on any atom is -0.353 e. The van der Waals surface area contributed by atoms with Crippen molar-refractivity contribution in [3.8, 4) is 0 Å². The summed E-state index contributed by atoms with van der Waals surface area (Å²) in [6.07, 6.45) is 4.19. The summed E-state index contributed by atoms with van der Waals surface area (Å²) in [5.74, 6) is 0.295. The average molecular weight is 318 g/mol. The van der Waals surface area contributed by atoms with Gasteiger partial charge in [0.25, 0.3) is 0 Å². The second-order valence-electron chi connectivity index (χ2n) is 5.61. The van der Waals surface area contributed by atoms with E-state index in [1.165, 1.54) is 23.9 Å². The molecule has 1 aliphatic carbocycles. The Morgan fingerprint density at radius 3 is 2.64 bits per heavy atom. The highest BCUT2D eigenvalue weighted by molar-refractivity contribution is 8.00. The monoisotopic (exact) mass is 318 g/mol. The lowest BCUT2D eigenvalue weighted by atomic mass is 10.3. The molecule has 116 valence electrons. The molecular weight excluding hydrogens is 299 g/mol. The van der Waals surface area contributed by atoms with E-state index in [2.05, 4.69) is 10.6 Å². The lowest BCUT2D eigenvalue weighted by molar-refractivity contribution is -0.129. The second-order valence-corrected chi connectivity index (χ2v) is 6.65. The molecule has 0 saturated heterocycles. The van der Waals surface area contributed by atoms with Crippen molar-refractivity contribution in [2.75, 3.05) is 5.75 Å². The van der Waals surface area contributed by atoms with E-state index >= 15 is 0 Å². The molecule has 1 fully saturated rings. The van der Waals surface area contributed by atoms with Gasteiger partial charge in [-0.15, -0.1) is 11.8 Å². The molecule has 3 nitrogen and oxygen atoms in total. The minimum absolute atomic E-state index is 0.151. The molecule has 0 radical (unpaired) electrons. The zero-order valence-electron chi connectivity index (χ0n) is 12.5. The van der Waals surface area contributed by atoms with Gasteiger partial charge in [-0.05, 0) is 49.2 Å². The van der Waals surface area contributed by atoms with Gasteiger partial charge >= 0.3 is 0 Å². The Hall–Kier alpha value is -1.75. The quantitative estimate of drug-likeness (QED) is 0.762. The Kier molecular flexibility index (Phi) is 4.52. The smallest absolute Gasteiger partial charge is 0.233 e. The van der Waals surface area contributed by atoms with Crippen LogP contribution in [0.1, 0.15) is 18.5 Å². The molecule has 1 aromatic carbocycles. The molecule has 0 unspecified atom stereocenters. The summed E-state index contributed by atoms with van der Waals surface area (Å²) < 4.78 is 14.9. The van der Waals surface area contributed by atoms with Crippen LogP contribution < -0.4 is 0 Å². The number of rotatable bonds is 6. The molecule has 3 rings (SSSR count). The van der Waals surface area contributed by atoms with E-state index in [0.717, 1.165) is 23.4 Å². The molecule has 5 heteroatoms. The van der Waals surface area contributed by atoms with Crippen molar-refractivity contribution in [3.63, 3.8) is 0 Å². The third kappa shape index (κ3) is 3.71. The van der Waals surface area contributed by atoms with Crippen molar-refractivity contribution in [2.24, 2.45) is 7.05 Å². The van der Waals surface area contributed by atoms with Crippen molar-refractivity contribution in [3.05, 3.63) is 54.1 Å². The van der Waals surface area contributed by atoms with E-state index < -0.39 is 0 Å². The van der Waals surface area contributed by atoms with Gasteiger partial charge in [0.05, 0.1) is 12.3 Å². The summed E-state index contributed by atoms with van der Waals surface area (Å²) in [7, 11) is 2.00. The number of amides is 1. The summed E-state index contributed by atoms with van der Waals surface area (Å²) in [4.78, 5) is 15.4. The number of aryl methyl sites for hydroxylation is 1. The number of halogens is 1. The third-order valence-corrected chi connectivity index (χ3v) is 4.86. The highest BCUT2D eigenvalue weighted by Crippen LogP contribution is 2.30. The van der Waals surface area contributed by atoms with E-state index in [9.17, 15) is 9.18 Å². The molecule has 0 bridgehead atoms. The van der Waals surface area contributed by atoms with Gasteiger partial charge in [-0.3, -0.25) is 4.79 Å². The number of hydrogen-bond donors (Lipinski definition) is 0. The van der Waals surface area contributed by atoms with E-state index in [1.807, 2.05) is 24.2 Å². The van der Waals surface area contributed by atoms with E-state index in [0.29, 0.717) is 18.3 Å². The first-order chi connectivity index (χ1) is 10.6. The first kappa shape index (κ1) is 15.2. The molecule has 0 atom stereocenters. The topological polar surface area (TPSA) is 25.2 Å². The van der Waals surface area contributed by atoms with Crippen LogP contribution in [0, 0.1) is 5.82 Å². The Morgan fingerprint density at radius 1 is 1.32 bits per heavy atom. The molecule has 1 heterocycles. The van der Waals surface area contributed by atoms with Gasteiger partial charge < -0.3 is 9.47 Å². The Morgan fingerprint density at radius 2 is 2.05 bits per heavy atom.